The predicted molar refractivity (Wildman–Crippen MR) is 59.3 cm³/mol. The summed E-state index contributed by atoms with van der Waals surface area (Å²) < 4.78 is 0.872. The van der Waals surface area contributed by atoms with E-state index in [4.69, 9.17) is 16.7 Å². The number of rotatable bonds is 3. The Hall–Kier alpha value is -0.250. The van der Waals surface area contributed by atoms with Crippen molar-refractivity contribution in [3.63, 3.8) is 0 Å². The maximum absolute atomic E-state index is 8.82. The van der Waals surface area contributed by atoms with Gasteiger partial charge in [0.2, 0.25) is 0 Å². The highest BCUT2D eigenvalue weighted by molar-refractivity contribution is 9.10. The van der Waals surface area contributed by atoms with Gasteiger partial charge in [0.25, 0.3) is 0 Å². The molecular weight excluding hydrogens is 253 g/mol. The van der Waals surface area contributed by atoms with Crippen LogP contribution < -0.4 is 5.32 Å². The van der Waals surface area contributed by atoms with E-state index in [9.17, 15) is 0 Å². The van der Waals surface area contributed by atoms with Gasteiger partial charge in [-0.2, -0.15) is 0 Å². The molecule has 0 amide bonds. The summed E-state index contributed by atoms with van der Waals surface area (Å²) in [5, 5.41) is 12.6. The van der Waals surface area contributed by atoms with E-state index >= 15 is 0 Å². The number of hydrogen-bond acceptors (Lipinski definition) is 2. The van der Waals surface area contributed by atoms with Gasteiger partial charge >= 0.3 is 0 Å². The molecule has 0 radical (unpaired) electrons. The maximum Gasteiger partial charge on any atom is 0.0630 e. The highest BCUT2D eigenvalue weighted by atomic mass is 79.9. The maximum atomic E-state index is 8.82. The first-order chi connectivity index (χ1) is 6.13. The highest BCUT2D eigenvalue weighted by Gasteiger charge is 2.01. The molecule has 1 rings (SSSR count). The van der Waals surface area contributed by atoms with Crippen LogP contribution >= 0.6 is 27.5 Å². The van der Waals surface area contributed by atoms with Crippen LogP contribution in [0.3, 0.4) is 0 Å². The molecule has 0 aliphatic heterocycles. The summed E-state index contributed by atoms with van der Waals surface area (Å²) in [6.07, 6.45) is 0. The minimum atomic E-state index is 0.0391. The molecule has 1 unspecified atom stereocenters. The second kappa shape index (κ2) is 4.84. The third-order valence-corrected chi connectivity index (χ3v) is 2.84. The number of aliphatic hydroxyl groups excluding tert-OH is 1. The van der Waals surface area contributed by atoms with E-state index in [2.05, 4.69) is 21.2 Å². The van der Waals surface area contributed by atoms with Crippen LogP contribution in [-0.4, -0.2) is 17.8 Å². The number of nitrogens with one attached hydrogen (secondary N) is 1. The number of aliphatic hydroxyl groups is 1. The Bertz CT molecular complexity index is 293. The number of anilines is 1. The lowest BCUT2D eigenvalue weighted by molar-refractivity contribution is 0.281. The molecule has 1 atom stereocenters. The third-order valence-electron chi connectivity index (χ3n) is 1.61. The first-order valence-electron chi connectivity index (χ1n) is 3.96. The Kier molecular flexibility index (Phi) is 4.03. The van der Waals surface area contributed by atoms with Crippen molar-refractivity contribution >= 4 is 33.2 Å². The minimum absolute atomic E-state index is 0.0391. The molecular formula is C9H11BrClNO. The Morgan fingerprint density at radius 3 is 2.85 bits per heavy atom. The normalized spacial score (nSPS) is 12.6. The summed E-state index contributed by atoms with van der Waals surface area (Å²) in [6, 6.07) is 5.63. The van der Waals surface area contributed by atoms with Crippen molar-refractivity contribution < 1.29 is 5.11 Å². The first kappa shape index (κ1) is 10.8. The average Bonchev–Trinajstić information content (AvgIpc) is 2.11. The molecule has 2 nitrogen and oxygen atoms in total. The van der Waals surface area contributed by atoms with E-state index in [0.29, 0.717) is 5.02 Å². The van der Waals surface area contributed by atoms with Crippen LogP contribution in [0.25, 0.3) is 0 Å². The van der Waals surface area contributed by atoms with Crippen LogP contribution in [0.5, 0.6) is 0 Å². The topological polar surface area (TPSA) is 32.3 Å². The van der Waals surface area contributed by atoms with Gasteiger partial charge in [-0.15, -0.1) is 0 Å². The zero-order chi connectivity index (χ0) is 9.84. The van der Waals surface area contributed by atoms with Gasteiger partial charge in [0, 0.05) is 16.2 Å². The first-order valence-corrected chi connectivity index (χ1v) is 5.13. The number of halogens is 2. The summed E-state index contributed by atoms with van der Waals surface area (Å²) in [5.74, 6) is 0. The quantitative estimate of drug-likeness (QED) is 0.880. The summed E-state index contributed by atoms with van der Waals surface area (Å²) in [7, 11) is 0. The van der Waals surface area contributed by atoms with Gasteiger partial charge in [0.1, 0.15) is 0 Å². The summed E-state index contributed by atoms with van der Waals surface area (Å²) in [4.78, 5) is 0. The average molecular weight is 265 g/mol. The van der Waals surface area contributed by atoms with Gasteiger partial charge < -0.3 is 10.4 Å². The molecule has 1 aromatic carbocycles. The molecule has 0 saturated heterocycles. The fourth-order valence-corrected chi connectivity index (χ4v) is 1.34. The minimum Gasteiger partial charge on any atom is -0.394 e. The lowest BCUT2D eigenvalue weighted by atomic mass is 10.3. The summed E-state index contributed by atoms with van der Waals surface area (Å²) >= 11 is 9.19. The molecule has 4 heteroatoms. The lowest BCUT2D eigenvalue weighted by Crippen LogP contribution is -2.19. The van der Waals surface area contributed by atoms with Gasteiger partial charge in [-0.25, -0.2) is 0 Å². The number of benzene rings is 1. The predicted octanol–water partition coefficient (Wildman–Crippen LogP) is 2.90. The van der Waals surface area contributed by atoms with Gasteiger partial charge in [-0.05, 0) is 41.1 Å². The van der Waals surface area contributed by atoms with Gasteiger partial charge in [0.15, 0.2) is 0 Å². The summed E-state index contributed by atoms with van der Waals surface area (Å²) in [6.45, 7) is 2.00. The molecule has 0 bridgehead atoms. The van der Waals surface area contributed by atoms with Crippen LogP contribution in [0.4, 0.5) is 5.69 Å². The van der Waals surface area contributed by atoms with Crippen molar-refractivity contribution in [1.29, 1.82) is 0 Å². The van der Waals surface area contributed by atoms with E-state index in [1.807, 2.05) is 25.1 Å². The second-order valence-electron chi connectivity index (χ2n) is 2.86. The molecule has 0 aromatic heterocycles. The van der Waals surface area contributed by atoms with E-state index in [0.717, 1.165) is 10.2 Å². The molecule has 0 aliphatic carbocycles. The van der Waals surface area contributed by atoms with Crippen molar-refractivity contribution in [2.75, 3.05) is 11.9 Å². The highest BCUT2D eigenvalue weighted by Crippen LogP contribution is 2.25. The molecule has 0 spiro atoms. The van der Waals surface area contributed by atoms with Crippen LogP contribution in [0, 0.1) is 0 Å². The van der Waals surface area contributed by atoms with E-state index in [-0.39, 0.29) is 12.6 Å². The third kappa shape index (κ3) is 3.18. The Morgan fingerprint density at radius 1 is 1.62 bits per heavy atom. The van der Waals surface area contributed by atoms with Crippen LogP contribution in [0.1, 0.15) is 6.92 Å². The van der Waals surface area contributed by atoms with Gasteiger partial charge in [-0.1, -0.05) is 11.6 Å². The SMILES string of the molecule is CC(CO)Nc1ccc(Br)c(Cl)c1. The van der Waals surface area contributed by atoms with Crippen molar-refractivity contribution in [1.82, 2.24) is 0 Å². The zero-order valence-corrected chi connectivity index (χ0v) is 9.56. The Balaban J connectivity index is 2.73. The van der Waals surface area contributed by atoms with Gasteiger partial charge in [-0.3, -0.25) is 0 Å². The zero-order valence-electron chi connectivity index (χ0n) is 7.22. The molecule has 0 fully saturated rings. The molecule has 0 aliphatic rings. The fourth-order valence-electron chi connectivity index (χ4n) is 0.916. The van der Waals surface area contributed by atoms with Crippen LogP contribution in [0.2, 0.25) is 5.02 Å². The molecule has 2 N–H and O–H groups in total. The molecule has 0 saturated carbocycles. The van der Waals surface area contributed by atoms with Crippen molar-refractivity contribution in [2.45, 2.75) is 13.0 Å². The fraction of sp³-hybridized carbons (Fsp3) is 0.333. The van der Waals surface area contributed by atoms with Crippen LogP contribution in [-0.2, 0) is 0 Å². The van der Waals surface area contributed by atoms with Crippen molar-refractivity contribution in [3.8, 4) is 0 Å². The smallest absolute Gasteiger partial charge is 0.0630 e. The van der Waals surface area contributed by atoms with E-state index in [1.165, 1.54) is 0 Å². The second-order valence-corrected chi connectivity index (χ2v) is 4.12. The molecule has 72 valence electrons. The molecule has 0 heterocycles. The van der Waals surface area contributed by atoms with Crippen molar-refractivity contribution in [2.24, 2.45) is 0 Å². The van der Waals surface area contributed by atoms with Crippen LogP contribution in [0.15, 0.2) is 22.7 Å². The molecule has 1 aromatic rings. The largest absolute Gasteiger partial charge is 0.394 e. The standard InChI is InChI=1S/C9H11BrClNO/c1-6(5-13)12-7-2-3-8(10)9(11)4-7/h2-4,6,12-13H,5H2,1H3. The Morgan fingerprint density at radius 2 is 2.31 bits per heavy atom. The summed E-state index contributed by atoms with van der Waals surface area (Å²) in [5.41, 5.74) is 0.912. The van der Waals surface area contributed by atoms with Gasteiger partial charge in [0.05, 0.1) is 11.6 Å². The number of hydrogen-bond donors (Lipinski definition) is 2. The molecule has 13 heavy (non-hydrogen) atoms. The lowest BCUT2D eigenvalue weighted by Gasteiger charge is -2.12. The van der Waals surface area contributed by atoms with E-state index < -0.39 is 0 Å². The van der Waals surface area contributed by atoms with E-state index in [1.54, 1.807) is 0 Å². The monoisotopic (exact) mass is 263 g/mol. The van der Waals surface area contributed by atoms with Crippen molar-refractivity contribution in [3.05, 3.63) is 27.7 Å². The Labute approximate surface area is 91.0 Å².